The van der Waals surface area contributed by atoms with Crippen molar-refractivity contribution in [2.24, 2.45) is 0 Å². The quantitative estimate of drug-likeness (QED) is 0.779. The predicted molar refractivity (Wildman–Crippen MR) is 64.1 cm³/mol. The third-order valence-electron chi connectivity index (χ3n) is 2.63. The summed E-state index contributed by atoms with van der Waals surface area (Å²) >= 11 is 3.19. The molecule has 0 radical (unpaired) electrons. The molecule has 86 valence electrons. The summed E-state index contributed by atoms with van der Waals surface area (Å²) in [5.41, 5.74) is 0.347. The normalized spacial score (nSPS) is 16.8. The number of halogens is 2. The summed E-state index contributed by atoms with van der Waals surface area (Å²) in [6, 6.07) is 4.58. The first-order chi connectivity index (χ1) is 7.59. The molecule has 0 N–H and O–H groups in total. The molecule has 1 aromatic rings. The molecule has 0 unspecified atom stereocenters. The number of urea groups is 1. The first-order valence-corrected chi connectivity index (χ1v) is 5.86. The molecule has 0 atom stereocenters. The molecule has 16 heavy (non-hydrogen) atoms. The monoisotopic (exact) mass is 286 g/mol. The average Bonchev–Trinajstić information content (AvgIpc) is 2.23. The second kappa shape index (κ2) is 4.41. The second-order valence-corrected chi connectivity index (χ2v) is 4.72. The molecule has 0 spiro atoms. The van der Waals surface area contributed by atoms with Crippen molar-refractivity contribution in [2.75, 3.05) is 25.0 Å². The van der Waals surface area contributed by atoms with Gasteiger partial charge < -0.3 is 4.90 Å². The van der Waals surface area contributed by atoms with Gasteiger partial charge in [0.25, 0.3) is 0 Å². The van der Waals surface area contributed by atoms with Gasteiger partial charge >= 0.3 is 6.03 Å². The van der Waals surface area contributed by atoms with Crippen molar-refractivity contribution < 1.29 is 9.18 Å². The first kappa shape index (κ1) is 11.4. The van der Waals surface area contributed by atoms with E-state index < -0.39 is 0 Å². The number of benzene rings is 1. The number of carbonyl (C=O) groups excluding carboxylic acids is 1. The average molecular weight is 287 g/mol. The van der Waals surface area contributed by atoms with Gasteiger partial charge in [0.2, 0.25) is 0 Å². The van der Waals surface area contributed by atoms with E-state index in [0.717, 1.165) is 13.0 Å². The molecule has 0 saturated carbocycles. The lowest BCUT2D eigenvalue weighted by atomic mass is 10.2. The van der Waals surface area contributed by atoms with Crippen LogP contribution in [0.4, 0.5) is 14.9 Å². The summed E-state index contributed by atoms with van der Waals surface area (Å²) in [6.45, 7) is 1.30. The maximum atomic E-state index is 13.7. The first-order valence-electron chi connectivity index (χ1n) is 5.07. The van der Waals surface area contributed by atoms with E-state index in [4.69, 9.17) is 0 Å². The molecule has 0 bridgehead atoms. The Morgan fingerprint density at radius 1 is 1.38 bits per heavy atom. The lowest BCUT2D eigenvalue weighted by Gasteiger charge is -2.33. The van der Waals surface area contributed by atoms with Crippen LogP contribution in [0.5, 0.6) is 0 Å². The Morgan fingerprint density at radius 2 is 2.12 bits per heavy atom. The smallest absolute Gasteiger partial charge is 0.324 e. The van der Waals surface area contributed by atoms with Crippen LogP contribution in [-0.4, -0.2) is 31.1 Å². The van der Waals surface area contributed by atoms with E-state index in [9.17, 15) is 9.18 Å². The minimum Gasteiger partial charge on any atom is -0.327 e. The van der Waals surface area contributed by atoms with E-state index in [-0.39, 0.29) is 11.8 Å². The summed E-state index contributed by atoms with van der Waals surface area (Å²) in [5.74, 6) is -0.377. The van der Waals surface area contributed by atoms with E-state index >= 15 is 0 Å². The predicted octanol–water partition coefficient (Wildman–Crippen LogP) is 2.85. The fourth-order valence-corrected chi connectivity index (χ4v) is 2.12. The summed E-state index contributed by atoms with van der Waals surface area (Å²) in [4.78, 5) is 14.9. The molecule has 1 saturated heterocycles. The van der Waals surface area contributed by atoms with E-state index in [0.29, 0.717) is 16.7 Å². The minimum atomic E-state index is -0.377. The largest absolute Gasteiger partial charge is 0.327 e. The van der Waals surface area contributed by atoms with Crippen LogP contribution in [0, 0.1) is 5.82 Å². The molecule has 1 aliphatic rings. The van der Waals surface area contributed by atoms with Crippen LogP contribution in [0.25, 0.3) is 0 Å². The Morgan fingerprint density at radius 3 is 2.81 bits per heavy atom. The van der Waals surface area contributed by atoms with Crippen molar-refractivity contribution in [2.45, 2.75) is 6.42 Å². The number of hydrogen-bond acceptors (Lipinski definition) is 1. The molecule has 1 fully saturated rings. The van der Waals surface area contributed by atoms with Gasteiger partial charge in [-0.25, -0.2) is 9.18 Å². The van der Waals surface area contributed by atoms with Gasteiger partial charge in [0.15, 0.2) is 0 Å². The van der Waals surface area contributed by atoms with Crippen molar-refractivity contribution in [3.8, 4) is 0 Å². The Labute approximate surface area is 102 Å². The topological polar surface area (TPSA) is 23.6 Å². The number of rotatable bonds is 1. The third kappa shape index (κ3) is 2.04. The van der Waals surface area contributed by atoms with Crippen LogP contribution in [0.15, 0.2) is 22.7 Å². The highest BCUT2D eigenvalue weighted by Gasteiger charge is 2.25. The van der Waals surface area contributed by atoms with E-state index in [1.54, 1.807) is 24.1 Å². The number of anilines is 1. The number of hydrogen-bond donors (Lipinski definition) is 0. The molecule has 0 aromatic heterocycles. The second-order valence-electron chi connectivity index (χ2n) is 3.81. The van der Waals surface area contributed by atoms with Crippen LogP contribution in [0.2, 0.25) is 0 Å². The molecule has 5 heteroatoms. The van der Waals surface area contributed by atoms with Gasteiger partial charge in [-0.2, -0.15) is 0 Å². The van der Waals surface area contributed by atoms with Crippen molar-refractivity contribution in [3.63, 3.8) is 0 Å². The van der Waals surface area contributed by atoms with Gasteiger partial charge in [-0.15, -0.1) is 0 Å². The lowest BCUT2D eigenvalue weighted by molar-refractivity contribution is 0.207. The van der Waals surface area contributed by atoms with Crippen LogP contribution in [0.3, 0.4) is 0 Å². The van der Waals surface area contributed by atoms with E-state index in [2.05, 4.69) is 15.9 Å². The maximum absolute atomic E-state index is 13.7. The van der Waals surface area contributed by atoms with Crippen molar-refractivity contribution >= 4 is 27.6 Å². The van der Waals surface area contributed by atoms with Crippen LogP contribution in [0.1, 0.15) is 6.42 Å². The van der Waals surface area contributed by atoms with Gasteiger partial charge in [0.05, 0.1) is 5.69 Å². The highest BCUT2D eigenvalue weighted by Crippen LogP contribution is 2.25. The fraction of sp³-hybridized carbons (Fsp3) is 0.364. The van der Waals surface area contributed by atoms with Crippen LogP contribution < -0.4 is 4.90 Å². The van der Waals surface area contributed by atoms with Crippen molar-refractivity contribution in [1.82, 2.24) is 4.90 Å². The van der Waals surface area contributed by atoms with E-state index in [1.807, 2.05) is 0 Å². The molecule has 1 aliphatic heterocycles. The van der Waals surface area contributed by atoms with Gasteiger partial charge in [0.1, 0.15) is 5.82 Å². The van der Waals surface area contributed by atoms with Gasteiger partial charge in [-0.3, -0.25) is 4.90 Å². The van der Waals surface area contributed by atoms with Gasteiger partial charge in [-0.05, 0) is 24.6 Å². The summed E-state index contributed by atoms with van der Waals surface area (Å²) in [5, 5.41) is 0. The lowest BCUT2D eigenvalue weighted by Crippen LogP contribution is -2.47. The Hall–Kier alpha value is -1.10. The molecule has 1 heterocycles. The fourth-order valence-electron chi connectivity index (χ4n) is 1.79. The summed E-state index contributed by atoms with van der Waals surface area (Å²) in [7, 11) is 1.73. The zero-order chi connectivity index (χ0) is 11.7. The van der Waals surface area contributed by atoms with Gasteiger partial charge in [0, 0.05) is 24.6 Å². The zero-order valence-electron chi connectivity index (χ0n) is 8.91. The number of carbonyl (C=O) groups is 1. The Bertz CT molecular complexity index is 424. The standard InChI is InChI=1S/C11H12BrFN2O/c1-14-5-2-6-15(11(14)16)10-4-3-8(12)7-9(10)13/h3-4,7H,2,5-6H2,1H3. The van der Waals surface area contributed by atoms with E-state index in [1.165, 1.54) is 11.0 Å². The van der Waals surface area contributed by atoms with Crippen molar-refractivity contribution in [1.29, 1.82) is 0 Å². The molecular weight excluding hydrogens is 275 g/mol. The van der Waals surface area contributed by atoms with Crippen LogP contribution in [-0.2, 0) is 0 Å². The van der Waals surface area contributed by atoms with Crippen molar-refractivity contribution in [3.05, 3.63) is 28.5 Å². The SMILES string of the molecule is CN1CCCN(c2ccc(Br)cc2F)C1=O. The Balaban J connectivity index is 2.32. The molecule has 1 aromatic carbocycles. The number of nitrogens with zero attached hydrogens (tertiary/aromatic N) is 2. The minimum absolute atomic E-state index is 0.146. The summed E-state index contributed by atoms with van der Waals surface area (Å²) < 4.78 is 14.4. The summed E-state index contributed by atoms with van der Waals surface area (Å²) in [6.07, 6.45) is 0.859. The Kier molecular flexibility index (Phi) is 3.14. The van der Waals surface area contributed by atoms with Crippen LogP contribution >= 0.6 is 15.9 Å². The molecule has 3 nitrogen and oxygen atoms in total. The third-order valence-corrected chi connectivity index (χ3v) is 3.13. The molecular formula is C11H12BrFN2O. The van der Waals surface area contributed by atoms with Gasteiger partial charge in [-0.1, -0.05) is 15.9 Å². The highest BCUT2D eigenvalue weighted by atomic mass is 79.9. The highest BCUT2D eigenvalue weighted by molar-refractivity contribution is 9.10. The molecule has 2 rings (SSSR count). The zero-order valence-corrected chi connectivity index (χ0v) is 10.5. The molecule has 2 amide bonds. The maximum Gasteiger partial charge on any atom is 0.324 e. The number of amides is 2. The molecule has 0 aliphatic carbocycles.